The van der Waals surface area contributed by atoms with Gasteiger partial charge >= 0.3 is 0 Å². The lowest BCUT2D eigenvalue weighted by Crippen LogP contribution is -2.12. The van der Waals surface area contributed by atoms with Crippen LogP contribution < -0.4 is 15.2 Å². The fraction of sp³-hybridized carbons (Fsp3) is 0.364. The number of fused-ring (bicyclic) bond motifs is 1. The average molecular weight is 257 g/mol. The molecule has 5 nitrogen and oxygen atoms in total. The molecule has 2 rings (SSSR count). The third kappa shape index (κ3) is 2.45. The Labute approximate surface area is 104 Å². The van der Waals surface area contributed by atoms with Crippen molar-refractivity contribution in [3.8, 4) is 11.5 Å². The van der Waals surface area contributed by atoms with Gasteiger partial charge in [0.15, 0.2) is 11.5 Å². The third-order valence-electron chi connectivity index (χ3n) is 2.37. The minimum atomic E-state index is -0.675. The summed E-state index contributed by atoms with van der Waals surface area (Å²) < 4.78 is 10.5. The predicted octanol–water partition coefficient (Wildman–Crippen LogP) is 1.70. The van der Waals surface area contributed by atoms with Crippen molar-refractivity contribution >= 4 is 23.1 Å². The molecule has 1 aliphatic heterocycles. The Balaban J connectivity index is 2.49. The molecule has 1 aromatic rings. The van der Waals surface area contributed by atoms with Crippen LogP contribution in [0.2, 0.25) is 0 Å². The Morgan fingerprint density at radius 2 is 2.18 bits per heavy atom. The summed E-state index contributed by atoms with van der Waals surface area (Å²) in [6, 6.07) is 3.39. The second kappa shape index (κ2) is 4.81. The summed E-state index contributed by atoms with van der Waals surface area (Å²) in [5.74, 6) is 1.61. The van der Waals surface area contributed by atoms with Gasteiger partial charge in [-0.05, 0) is 13.0 Å². The minimum Gasteiger partial charge on any atom is -0.454 e. The number of alkyl halides is 1. The molecule has 1 aliphatic rings. The molecule has 0 fully saturated rings. The second-order valence-corrected chi connectivity index (χ2v) is 3.94. The summed E-state index contributed by atoms with van der Waals surface area (Å²) >= 11 is 5.58. The Hall–Kier alpha value is -1.46. The topological polar surface area (TPSA) is 77.1 Å². The normalized spacial score (nSPS) is 16.1. The van der Waals surface area contributed by atoms with E-state index < -0.39 is 6.10 Å². The minimum absolute atomic E-state index is 0.133. The van der Waals surface area contributed by atoms with E-state index in [9.17, 15) is 5.11 Å². The van der Waals surface area contributed by atoms with Crippen molar-refractivity contribution in [2.75, 3.05) is 12.7 Å². The number of halogens is 1. The van der Waals surface area contributed by atoms with E-state index in [-0.39, 0.29) is 18.5 Å². The van der Waals surface area contributed by atoms with Crippen LogP contribution in [0.1, 0.15) is 18.6 Å². The van der Waals surface area contributed by atoms with E-state index in [0.717, 1.165) is 0 Å². The highest BCUT2D eigenvalue weighted by atomic mass is 35.5. The SMILES string of the molecule is CC(O)c1cc2c(cc1N=C(N)CCl)OCO2. The van der Waals surface area contributed by atoms with Gasteiger partial charge in [0.05, 0.1) is 17.7 Å². The first-order valence-electron chi connectivity index (χ1n) is 5.12. The molecule has 17 heavy (non-hydrogen) atoms. The van der Waals surface area contributed by atoms with E-state index in [1.807, 2.05) is 0 Å². The molecule has 0 radical (unpaired) electrons. The highest BCUT2D eigenvalue weighted by Crippen LogP contribution is 2.40. The first-order valence-corrected chi connectivity index (χ1v) is 5.66. The molecule has 6 heteroatoms. The zero-order valence-corrected chi connectivity index (χ0v) is 10.1. The van der Waals surface area contributed by atoms with Crippen molar-refractivity contribution in [2.24, 2.45) is 10.7 Å². The first kappa shape index (κ1) is 12.0. The molecule has 0 spiro atoms. The number of aliphatic hydroxyl groups excluding tert-OH is 1. The van der Waals surface area contributed by atoms with Crippen LogP contribution in [-0.4, -0.2) is 23.6 Å². The van der Waals surface area contributed by atoms with E-state index in [1.165, 1.54) is 0 Å². The molecule has 1 atom stereocenters. The van der Waals surface area contributed by atoms with Crippen LogP contribution >= 0.6 is 11.6 Å². The van der Waals surface area contributed by atoms with Gasteiger partial charge in [0.25, 0.3) is 0 Å². The largest absolute Gasteiger partial charge is 0.454 e. The van der Waals surface area contributed by atoms with E-state index >= 15 is 0 Å². The Bertz CT molecular complexity index is 460. The number of hydrogen-bond acceptors (Lipinski definition) is 4. The number of rotatable bonds is 3. The van der Waals surface area contributed by atoms with Crippen LogP contribution in [0.4, 0.5) is 5.69 Å². The number of nitrogens with two attached hydrogens (primary N) is 1. The molecular weight excluding hydrogens is 244 g/mol. The number of nitrogens with zero attached hydrogens (tertiary/aromatic N) is 1. The molecule has 0 aliphatic carbocycles. The van der Waals surface area contributed by atoms with Gasteiger partial charge in [-0.25, -0.2) is 4.99 Å². The van der Waals surface area contributed by atoms with Crippen molar-refractivity contribution in [3.63, 3.8) is 0 Å². The van der Waals surface area contributed by atoms with Crippen molar-refractivity contribution < 1.29 is 14.6 Å². The number of amidine groups is 1. The quantitative estimate of drug-likeness (QED) is 0.490. The molecule has 3 N–H and O–H groups in total. The molecule has 1 unspecified atom stereocenters. The lowest BCUT2D eigenvalue weighted by molar-refractivity contribution is 0.173. The molecule has 92 valence electrons. The molecule has 1 heterocycles. The zero-order chi connectivity index (χ0) is 12.4. The first-order chi connectivity index (χ1) is 8.11. The molecule has 0 saturated carbocycles. The van der Waals surface area contributed by atoms with Gasteiger partial charge in [-0.1, -0.05) is 0 Å². The fourth-order valence-corrected chi connectivity index (χ4v) is 1.62. The molecule has 0 saturated heterocycles. The van der Waals surface area contributed by atoms with E-state index in [0.29, 0.717) is 22.7 Å². The van der Waals surface area contributed by atoms with Crippen molar-refractivity contribution in [1.29, 1.82) is 0 Å². The predicted molar refractivity (Wildman–Crippen MR) is 65.2 cm³/mol. The smallest absolute Gasteiger partial charge is 0.231 e. The summed E-state index contributed by atoms with van der Waals surface area (Å²) in [6.45, 7) is 1.82. The van der Waals surface area contributed by atoms with Gasteiger partial charge in [-0.3, -0.25) is 0 Å². The van der Waals surface area contributed by atoms with Crippen LogP contribution in [0.25, 0.3) is 0 Å². The average Bonchev–Trinajstić information content (AvgIpc) is 2.74. The highest BCUT2D eigenvalue weighted by Gasteiger charge is 2.19. The molecule has 0 amide bonds. The maximum atomic E-state index is 9.68. The Morgan fingerprint density at radius 1 is 1.53 bits per heavy atom. The second-order valence-electron chi connectivity index (χ2n) is 3.68. The van der Waals surface area contributed by atoms with Gasteiger partial charge in [0.1, 0.15) is 5.84 Å². The number of aliphatic hydroxyl groups is 1. The third-order valence-corrected chi connectivity index (χ3v) is 2.65. The maximum Gasteiger partial charge on any atom is 0.231 e. The van der Waals surface area contributed by atoms with Crippen LogP contribution in [0.15, 0.2) is 17.1 Å². The van der Waals surface area contributed by atoms with Gasteiger partial charge in [-0.15, -0.1) is 11.6 Å². The number of benzene rings is 1. The van der Waals surface area contributed by atoms with Crippen molar-refractivity contribution in [1.82, 2.24) is 0 Å². The van der Waals surface area contributed by atoms with Crippen LogP contribution in [0.5, 0.6) is 11.5 Å². The summed E-state index contributed by atoms with van der Waals surface area (Å²) in [4.78, 5) is 4.14. The van der Waals surface area contributed by atoms with E-state index in [2.05, 4.69) is 4.99 Å². The van der Waals surface area contributed by atoms with E-state index in [1.54, 1.807) is 19.1 Å². The molecule has 0 aromatic heterocycles. The van der Waals surface area contributed by atoms with Gasteiger partial charge in [-0.2, -0.15) is 0 Å². The zero-order valence-electron chi connectivity index (χ0n) is 9.31. The molecule has 0 bridgehead atoms. The van der Waals surface area contributed by atoms with Gasteiger partial charge in [0.2, 0.25) is 6.79 Å². The number of ether oxygens (including phenoxy) is 2. The Kier molecular flexibility index (Phi) is 3.40. The van der Waals surface area contributed by atoms with Gasteiger partial charge < -0.3 is 20.3 Å². The molecular formula is C11H13ClN2O3. The van der Waals surface area contributed by atoms with Crippen molar-refractivity contribution in [3.05, 3.63) is 17.7 Å². The monoisotopic (exact) mass is 256 g/mol. The lowest BCUT2D eigenvalue weighted by Gasteiger charge is -2.10. The lowest BCUT2D eigenvalue weighted by atomic mass is 10.1. The summed E-state index contributed by atoms with van der Waals surface area (Å²) in [7, 11) is 0. The van der Waals surface area contributed by atoms with Crippen LogP contribution in [0, 0.1) is 0 Å². The summed E-state index contributed by atoms with van der Waals surface area (Å²) in [5, 5.41) is 9.68. The maximum absolute atomic E-state index is 9.68. The van der Waals surface area contributed by atoms with Crippen LogP contribution in [0.3, 0.4) is 0 Å². The van der Waals surface area contributed by atoms with Gasteiger partial charge in [0, 0.05) is 11.6 Å². The fourth-order valence-electron chi connectivity index (χ4n) is 1.56. The summed E-state index contributed by atoms with van der Waals surface area (Å²) in [6.07, 6.45) is -0.675. The number of hydrogen-bond donors (Lipinski definition) is 2. The highest BCUT2D eigenvalue weighted by molar-refractivity contribution is 6.28. The summed E-state index contributed by atoms with van der Waals surface area (Å²) in [5.41, 5.74) is 6.75. The molecule has 1 aromatic carbocycles. The Morgan fingerprint density at radius 3 is 2.76 bits per heavy atom. The number of aliphatic imine (C=N–C) groups is 1. The van der Waals surface area contributed by atoms with Crippen molar-refractivity contribution in [2.45, 2.75) is 13.0 Å². The standard InChI is InChI=1S/C11H13ClN2O3/c1-6(15)7-2-9-10(17-5-16-9)3-8(7)14-11(13)4-12/h2-3,6,15H,4-5H2,1H3,(H2,13,14). The van der Waals surface area contributed by atoms with Crippen LogP contribution in [-0.2, 0) is 0 Å². The van der Waals surface area contributed by atoms with E-state index in [4.69, 9.17) is 26.8 Å².